The molecule has 1 aromatic rings. The van der Waals surface area contributed by atoms with Crippen molar-refractivity contribution in [3.05, 3.63) is 23.8 Å². The van der Waals surface area contributed by atoms with Gasteiger partial charge in [-0.15, -0.1) is 0 Å². The molecule has 7 heteroatoms. The van der Waals surface area contributed by atoms with E-state index in [4.69, 9.17) is 15.2 Å². The Labute approximate surface area is 109 Å². The van der Waals surface area contributed by atoms with Crippen LogP contribution in [0.3, 0.4) is 0 Å². The molecular formula is C12H16F3NO3. The first-order valence-corrected chi connectivity index (χ1v) is 5.61. The lowest BCUT2D eigenvalue weighted by atomic mass is 10.2. The quantitative estimate of drug-likeness (QED) is 0.777. The highest BCUT2D eigenvalue weighted by Crippen LogP contribution is 2.30. The predicted octanol–water partition coefficient (Wildman–Crippen LogP) is 2.11. The standard InChI is InChI=1S/C12H16F3NO3/c1-17-10-4-2-3-9(7-16)11(10)19-6-5-18-8-12(13,14)15/h2-4H,5-8,16H2,1H3. The van der Waals surface area contributed by atoms with Gasteiger partial charge in [0.05, 0.1) is 13.7 Å². The van der Waals surface area contributed by atoms with Crippen molar-refractivity contribution < 1.29 is 27.4 Å². The van der Waals surface area contributed by atoms with Crippen LogP contribution in [0.4, 0.5) is 13.2 Å². The molecule has 0 bridgehead atoms. The molecule has 1 rings (SSSR count). The molecule has 0 spiro atoms. The van der Waals surface area contributed by atoms with Gasteiger partial charge in [0.15, 0.2) is 11.5 Å². The monoisotopic (exact) mass is 279 g/mol. The van der Waals surface area contributed by atoms with E-state index in [2.05, 4.69) is 4.74 Å². The van der Waals surface area contributed by atoms with Crippen molar-refractivity contribution in [3.63, 3.8) is 0 Å². The van der Waals surface area contributed by atoms with Crippen LogP contribution in [-0.4, -0.2) is 33.1 Å². The minimum absolute atomic E-state index is 0.0105. The Kier molecular flexibility index (Phi) is 5.91. The average Bonchev–Trinajstić information content (AvgIpc) is 2.36. The van der Waals surface area contributed by atoms with Crippen molar-refractivity contribution in [1.29, 1.82) is 0 Å². The van der Waals surface area contributed by atoms with Gasteiger partial charge in [-0.2, -0.15) is 13.2 Å². The molecule has 108 valence electrons. The molecule has 0 radical (unpaired) electrons. The topological polar surface area (TPSA) is 53.7 Å². The fourth-order valence-corrected chi connectivity index (χ4v) is 1.44. The molecule has 0 aliphatic heterocycles. The molecule has 0 unspecified atom stereocenters. The number of benzene rings is 1. The zero-order chi connectivity index (χ0) is 14.3. The van der Waals surface area contributed by atoms with Crippen molar-refractivity contribution in [3.8, 4) is 11.5 Å². The summed E-state index contributed by atoms with van der Waals surface area (Å²) in [6.45, 7) is -1.22. The first-order chi connectivity index (χ1) is 8.98. The maximum Gasteiger partial charge on any atom is 0.411 e. The maximum absolute atomic E-state index is 11.8. The third-order valence-electron chi connectivity index (χ3n) is 2.24. The second-order valence-corrected chi connectivity index (χ2v) is 3.67. The lowest BCUT2D eigenvalue weighted by Gasteiger charge is -2.14. The van der Waals surface area contributed by atoms with E-state index >= 15 is 0 Å². The van der Waals surface area contributed by atoms with Gasteiger partial charge in [-0.3, -0.25) is 0 Å². The van der Waals surface area contributed by atoms with Gasteiger partial charge in [0.1, 0.15) is 13.2 Å². The summed E-state index contributed by atoms with van der Waals surface area (Å²) in [5.74, 6) is 0.918. The smallest absolute Gasteiger partial charge is 0.411 e. The van der Waals surface area contributed by atoms with Crippen LogP contribution in [0.5, 0.6) is 11.5 Å². The number of methoxy groups -OCH3 is 1. The number of para-hydroxylation sites is 1. The Balaban J connectivity index is 2.48. The summed E-state index contributed by atoms with van der Waals surface area (Å²) in [5, 5.41) is 0. The summed E-state index contributed by atoms with van der Waals surface area (Å²) in [4.78, 5) is 0. The van der Waals surface area contributed by atoms with Gasteiger partial charge in [-0.1, -0.05) is 12.1 Å². The number of nitrogens with two attached hydrogens (primary N) is 1. The van der Waals surface area contributed by atoms with E-state index in [0.29, 0.717) is 11.5 Å². The van der Waals surface area contributed by atoms with Crippen LogP contribution in [-0.2, 0) is 11.3 Å². The molecule has 4 nitrogen and oxygen atoms in total. The minimum atomic E-state index is -4.33. The summed E-state index contributed by atoms with van der Waals surface area (Å²) in [6.07, 6.45) is -4.33. The molecule has 2 N–H and O–H groups in total. The third-order valence-corrected chi connectivity index (χ3v) is 2.24. The Morgan fingerprint density at radius 1 is 1.21 bits per heavy atom. The minimum Gasteiger partial charge on any atom is -0.493 e. The van der Waals surface area contributed by atoms with Crippen molar-refractivity contribution in [2.75, 3.05) is 26.9 Å². The molecule has 0 saturated heterocycles. The zero-order valence-electron chi connectivity index (χ0n) is 10.5. The summed E-state index contributed by atoms with van der Waals surface area (Å²) in [7, 11) is 1.47. The Bertz CT molecular complexity index is 374. The number of hydrogen-bond acceptors (Lipinski definition) is 4. The largest absolute Gasteiger partial charge is 0.493 e. The number of ether oxygens (including phenoxy) is 3. The second kappa shape index (κ2) is 7.20. The molecule has 0 atom stereocenters. The highest BCUT2D eigenvalue weighted by atomic mass is 19.4. The van der Waals surface area contributed by atoms with E-state index in [9.17, 15) is 13.2 Å². The Morgan fingerprint density at radius 2 is 1.95 bits per heavy atom. The summed E-state index contributed by atoms with van der Waals surface area (Å²) < 4.78 is 50.4. The van der Waals surface area contributed by atoms with Crippen LogP contribution in [0.15, 0.2) is 18.2 Å². The number of alkyl halides is 3. The molecular weight excluding hydrogens is 263 g/mol. The van der Waals surface area contributed by atoms with E-state index in [1.807, 2.05) is 0 Å². The van der Waals surface area contributed by atoms with Crippen LogP contribution in [0, 0.1) is 0 Å². The van der Waals surface area contributed by atoms with Crippen LogP contribution >= 0.6 is 0 Å². The molecule has 0 aliphatic carbocycles. The van der Waals surface area contributed by atoms with Crippen LogP contribution in [0.2, 0.25) is 0 Å². The van der Waals surface area contributed by atoms with E-state index in [0.717, 1.165) is 5.56 Å². The maximum atomic E-state index is 11.8. The van der Waals surface area contributed by atoms with Crippen molar-refractivity contribution >= 4 is 0 Å². The zero-order valence-corrected chi connectivity index (χ0v) is 10.5. The average molecular weight is 279 g/mol. The highest BCUT2D eigenvalue weighted by molar-refractivity contribution is 5.46. The molecule has 0 aromatic heterocycles. The van der Waals surface area contributed by atoms with Crippen molar-refractivity contribution in [2.24, 2.45) is 5.73 Å². The third kappa shape index (κ3) is 5.35. The van der Waals surface area contributed by atoms with Gasteiger partial charge >= 0.3 is 6.18 Å². The van der Waals surface area contributed by atoms with Gasteiger partial charge in [0.2, 0.25) is 0 Å². The van der Waals surface area contributed by atoms with Crippen LogP contribution < -0.4 is 15.2 Å². The van der Waals surface area contributed by atoms with Crippen LogP contribution in [0.25, 0.3) is 0 Å². The van der Waals surface area contributed by atoms with Crippen molar-refractivity contribution in [1.82, 2.24) is 0 Å². The molecule has 0 aliphatic rings. The van der Waals surface area contributed by atoms with E-state index < -0.39 is 12.8 Å². The lowest BCUT2D eigenvalue weighted by Crippen LogP contribution is -2.19. The van der Waals surface area contributed by atoms with Crippen LogP contribution in [0.1, 0.15) is 5.56 Å². The first-order valence-electron chi connectivity index (χ1n) is 5.61. The van der Waals surface area contributed by atoms with E-state index in [1.54, 1.807) is 18.2 Å². The lowest BCUT2D eigenvalue weighted by molar-refractivity contribution is -0.175. The number of halogens is 3. The fraction of sp³-hybridized carbons (Fsp3) is 0.500. The SMILES string of the molecule is COc1cccc(CN)c1OCCOCC(F)(F)F. The summed E-state index contributed by atoms with van der Waals surface area (Å²) in [5.41, 5.74) is 6.26. The second-order valence-electron chi connectivity index (χ2n) is 3.67. The molecule has 0 amide bonds. The molecule has 0 fully saturated rings. The van der Waals surface area contributed by atoms with Gasteiger partial charge in [0.25, 0.3) is 0 Å². The van der Waals surface area contributed by atoms with E-state index in [1.165, 1.54) is 7.11 Å². The predicted molar refractivity (Wildman–Crippen MR) is 63.3 cm³/mol. The molecule has 0 heterocycles. The molecule has 19 heavy (non-hydrogen) atoms. The van der Waals surface area contributed by atoms with Gasteiger partial charge < -0.3 is 19.9 Å². The summed E-state index contributed by atoms with van der Waals surface area (Å²) in [6, 6.07) is 5.20. The Hall–Kier alpha value is -1.47. The highest BCUT2D eigenvalue weighted by Gasteiger charge is 2.27. The van der Waals surface area contributed by atoms with Gasteiger partial charge in [0, 0.05) is 12.1 Å². The molecule has 0 saturated carbocycles. The van der Waals surface area contributed by atoms with Crippen molar-refractivity contribution in [2.45, 2.75) is 12.7 Å². The number of hydrogen-bond donors (Lipinski definition) is 1. The normalized spacial score (nSPS) is 11.4. The molecule has 1 aromatic carbocycles. The summed E-state index contributed by atoms with van der Waals surface area (Å²) >= 11 is 0. The van der Waals surface area contributed by atoms with Gasteiger partial charge in [-0.05, 0) is 6.07 Å². The van der Waals surface area contributed by atoms with E-state index in [-0.39, 0.29) is 19.8 Å². The fourth-order valence-electron chi connectivity index (χ4n) is 1.44. The number of rotatable bonds is 7. The van der Waals surface area contributed by atoms with Gasteiger partial charge in [-0.25, -0.2) is 0 Å². The Morgan fingerprint density at radius 3 is 2.53 bits per heavy atom. The first kappa shape index (κ1) is 15.6.